The van der Waals surface area contributed by atoms with Gasteiger partial charge in [0.1, 0.15) is 0 Å². The van der Waals surface area contributed by atoms with Crippen LogP contribution in [0, 0.1) is 0 Å². The van der Waals surface area contributed by atoms with Crippen LogP contribution in [0.15, 0.2) is 48.5 Å². The maximum Gasteiger partial charge on any atom is 0.0614 e. The molecule has 1 fully saturated rings. The van der Waals surface area contributed by atoms with Gasteiger partial charge in [0.2, 0.25) is 0 Å². The molecule has 0 amide bonds. The van der Waals surface area contributed by atoms with E-state index in [9.17, 15) is 0 Å². The standard InChI is InChI=1S/C23H30N2/c1-2-3-14-24-15-8-9-16-25(18-17-24)23-21-12-6-4-10-19(21)20-11-5-7-13-22(20)23/h4-7,10-13,23H,2-3,8-9,14-18H2,1H3. The lowest BCUT2D eigenvalue weighted by atomic mass is 10.0. The number of unbranched alkanes of at least 4 members (excludes halogenated alkanes) is 1. The second-order valence-corrected chi connectivity index (χ2v) is 7.52. The monoisotopic (exact) mass is 334 g/mol. The molecule has 132 valence electrons. The number of hydrogen-bond acceptors (Lipinski definition) is 2. The van der Waals surface area contributed by atoms with Crippen molar-refractivity contribution in [3.8, 4) is 11.1 Å². The van der Waals surface area contributed by atoms with Gasteiger partial charge in [-0.05, 0) is 61.2 Å². The van der Waals surface area contributed by atoms with Crippen LogP contribution in [-0.4, -0.2) is 42.5 Å². The van der Waals surface area contributed by atoms with E-state index in [2.05, 4.69) is 65.3 Å². The second-order valence-electron chi connectivity index (χ2n) is 7.52. The zero-order valence-electron chi connectivity index (χ0n) is 15.5. The summed E-state index contributed by atoms with van der Waals surface area (Å²) in [5.41, 5.74) is 5.88. The zero-order chi connectivity index (χ0) is 17.1. The number of fused-ring (bicyclic) bond motifs is 3. The lowest BCUT2D eigenvalue weighted by molar-refractivity contribution is 0.150. The van der Waals surface area contributed by atoms with Crippen LogP contribution in [-0.2, 0) is 0 Å². The Kier molecular flexibility index (Phi) is 5.19. The van der Waals surface area contributed by atoms with E-state index < -0.39 is 0 Å². The van der Waals surface area contributed by atoms with Crippen molar-refractivity contribution in [3.63, 3.8) is 0 Å². The van der Waals surface area contributed by atoms with E-state index in [-0.39, 0.29) is 0 Å². The molecule has 25 heavy (non-hydrogen) atoms. The van der Waals surface area contributed by atoms with Gasteiger partial charge >= 0.3 is 0 Å². The summed E-state index contributed by atoms with van der Waals surface area (Å²) in [5, 5.41) is 0. The van der Waals surface area contributed by atoms with Gasteiger partial charge in [0.25, 0.3) is 0 Å². The Labute approximate surface area is 152 Å². The molecule has 1 aliphatic carbocycles. The fourth-order valence-electron chi connectivity index (χ4n) is 4.53. The predicted molar refractivity (Wildman–Crippen MR) is 106 cm³/mol. The minimum Gasteiger partial charge on any atom is -0.302 e. The molecule has 0 saturated carbocycles. The summed E-state index contributed by atoms with van der Waals surface area (Å²) in [6, 6.07) is 18.5. The van der Waals surface area contributed by atoms with E-state index in [0.29, 0.717) is 6.04 Å². The predicted octanol–water partition coefficient (Wildman–Crippen LogP) is 4.95. The van der Waals surface area contributed by atoms with Crippen molar-refractivity contribution in [1.29, 1.82) is 0 Å². The van der Waals surface area contributed by atoms with Gasteiger partial charge in [0.15, 0.2) is 0 Å². The second kappa shape index (κ2) is 7.72. The minimum absolute atomic E-state index is 0.443. The van der Waals surface area contributed by atoms with Gasteiger partial charge < -0.3 is 4.90 Å². The molecule has 2 aliphatic rings. The van der Waals surface area contributed by atoms with E-state index in [0.717, 1.165) is 0 Å². The van der Waals surface area contributed by atoms with Crippen LogP contribution in [0.3, 0.4) is 0 Å². The molecule has 2 aromatic carbocycles. The highest BCUT2D eigenvalue weighted by Crippen LogP contribution is 2.46. The molecule has 0 radical (unpaired) electrons. The van der Waals surface area contributed by atoms with E-state index in [1.807, 2.05) is 0 Å². The molecule has 1 heterocycles. The van der Waals surface area contributed by atoms with Crippen LogP contribution in [0.5, 0.6) is 0 Å². The van der Waals surface area contributed by atoms with Crippen molar-refractivity contribution in [1.82, 2.24) is 9.80 Å². The summed E-state index contributed by atoms with van der Waals surface area (Å²) in [5.74, 6) is 0. The summed E-state index contributed by atoms with van der Waals surface area (Å²) in [7, 11) is 0. The van der Waals surface area contributed by atoms with Gasteiger partial charge in [-0.2, -0.15) is 0 Å². The number of rotatable bonds is 4. The molecule has 2 heteroatoms. The molecule has 2 nitrogen and oxygen atoms in total. The zero-order valence-corrected chi connectivity index (χ0v) is 15.5. The first-order valence-electron chi connectivity index (χ1n) is 10.0. The average Bonchev–Trinajstić information content (AvgIpc) is 2.96. The minimum atomic E-state index is 0.443. The Hall–Kier alpha value is -1.64. The third-order valence-electron chi connectivity index (χ3n) is 5.87. The Morgan fingerprint density at radius 1 is 0.800 bits per heavy atom. The van der Waals surface area contributed by atoms with Gasteiger partial charge in [-0.3, -0.25) is 4.90 Å². The lowest BCUT2D eigenvalue weighted by Gasteiger charge is -2.35. The summed E-state index contributed by atoms with van der Waals surface area (Å²) >= 11 is 0. The van der Waals surface area contributed by atoms with Gasteiger partial charge in [-0.25, -0.2) is 0 Å². The number of nitrogens with zero attached hydrogens (tertiary/aromatic N) is 2. The van der Waals surface area contributed by atoms with Crippen molar-refractivity contribution in [2.45, 2.75) is 38.6 Å². The van der Waals surface area contributed by atoms with Crippen molar-refractivity contribution >= 4 is 0 Å². The molecule has 2 aromatic rings. The van der Waals surface area contributed by atoms with Crippen molar-refractivity contribution in [2.75, 3.05) is 32.7 Å². The molecular weight excluding hydrogens is 304 g/mol. The van der Waals surface area contributed by atoms with E-state index in [1.165, 1.54) is 80.7 Å². The van der Waals surface area contributed by atoms with Crippen LogP contribution >= 0.6 is 0 Å². The molecule has 0 aromatic heterocycles. The highest BCUT2D eigenvalue weighted by Gasteiger charge is 2.32. The molecule has 0 bridgehead atoms. The first kappa shape index (κ1) is 16.8. The smallest absolute Gasteiger partial charge is 0.0614 e. The lowest BCUT2D eigenvalue weighted by Crippen LogP contribution is -2.41. The fourth-order valence-corrected chi connectivity index (χ4v) is 4.53. The Morgan fingerprint density at radius 2 is 1.44 bits per heavy atom. The normalized spacial score (nSPS) is 19.2. The molecular formula is C23H30N2. The molecule has 0 N–H and O–H groups in total. The molecule has 1 aliphatic heterocycles. The highest BCUT2D eigenvalue weighted by molar-refractivity contribution is 5.78. The molecule has 4 rings (SSSR count). The molecule has 0 spiro atoms. The SMILES string of the molecule is CCCCN1CCCCN(C2c3ccccc3-c3ccccc32)CC1. The van der Waals surface area contributed by atoms with Crippen LogP contribution in [0.25, 0.3) is 11.1 Å². The summed E-state index contributed by atoms with van der Waals surface area (Å²) in [4.78, 5) is 5.42. The van der Waals surface area contributed by atoms with Gasteiger partial charge in [0.05, 0.1) is 6.04 Å². The Bertz CT molecular complexity index is 661. The summed E-state index contributed by atoms with van der Waals surface area (Å²) in [6.07, 6.45) is 5.26. The maximum atomic E-state index is 2.74. The van der Waals surface area contributed by atoms with Crippen molar-refractivity contribution < 1.29 is 0 Å². The topological polar surface area (TPSA) is 6.48 Å². The maximum absolute atomic E-state index is 2.74. The van der Waals surface area contributed by atoms with Gasteiger partial charge in [0, 0.05) is 13.1 Å². The number of benzene rings is 2. The number of hydrogen-bond donors (Lipinski definition) is 0. The third kappa shape index (κ3) is 3.38. The quantitative estimate of drug-likeness (QED) is 0.780. The molecule has 1 saturated heterocycles. The van der Waals surface area contributed by atoms with Gasteiger partial charge in [-0.15, -0.1) is 0 Å². The Morgan fingerprint density at radius 3 is 2.12 bits per heavy atom. The van der Waals surface area contributed by atoms with Gasteiger partial charge in [-0.1, -0.05) is 61.9 Å². The summed E-state index contributed by atoms with van der Waals surface area (Å²) < 4.78 is 0. The van der Waals surface area contributed by atoms with Crippen LogP contribution in [0.4, 0.5) is 0 Å². The first-order valence-corrected chi connectivity index (χ1v) is 10.0. The van der Waals surface area contributed by atoms with Crippen LogP contribution in [0.2, 0.25) is 0 Å². The van der Waals surface area contributed by atoms with Crippen LogP contribution < -0.4 is 0 Å². The van der Waals surface area contributed by atoms with Crippen molar-refractivity contribution in [3.05, 3.63) is 59.7 Å². The van der Waals surface area contributed by atoms with Crippen LogP contribution in [0.1, 0.15) is 49.8 Å². The van der Waals surface area contributed by atoms with E-state index >= 15 is 0 Å². The average molecular weight is 335 g/mol. The van der Waals surface area contributed by atoms with E-state index in [4.69, 9.17) is 0 Å². The largest absolute Gasteiger partial charge is 0.302 e. The summed E-state index contributed by atoms with van der Waals surface area (Å²) in [6.45, 7) is 8.45. The third-order valence-corrected chi connectivity index (χ3v) is 5.87. The first-order chi connectivity index (χ1) is 12.4. The molecule has 0 atom stereocenters. The fraction of sp³-hybridized carbons (Fsp3) is 0.478. The molecule has 0 unspecified atom stereocenters. The highest BCUT2D eigenvalue weighted by atomic mass is 15.2. The Balaban J connectivity index is 1.60. The van der Waals surface area contributed by atoms with E-state index in [1.54, 1.807) is 0 Å². The van der Waals surface area contributed by atoms with Crippen molar-refractivity contribution in [2.24, 2.45) is 0 Å².